The lowest BCUT2D eigenvalue weighted by Gasteiger charge is -2.19. The van der Waals surface area contributed by atoms with Gasteiger partial charge in [-0.05, 0) is 26.2 Å². The molecule has 1 saturated heterocycles. The molecule has 3 rings (SSSR count). The predicted octanol–water partition coefficient (Wildman–Crippen LogP) is 1.74. The van der Waals surface area contributed by atoms with Crippen molar-refractivity contribution < 1.29 is 17.4 Å². The molecule has 0 bridgehead atoms. The predicted molar refractivity (Wildman–Crippen MR) is 79.5 cm³/mol. The molecule has 2 N–H and O–H groups in total. The SMILES string of the molecule is Cc1oc(-c2ccno2)cc1S(=O)(=O)N1CCCC(N)CC1. The molecule has 1 aliphatic rings. The minimum absolute atomic E-state index is 0.0652. The highest BCUT2D eigenvalue weighted by Crippen LogP contribution is 2.30. The molecule has 7 nitrogen and oxygen atoms in total. The molecule has 0 amide bonds. The van der Waals surface area contributed by atoms with Crippen LogP contribution < -0.4 is 5.73 Å². The highest BCUT2D eigenvalue weighted by atomic mass is 32.2. The molecule has 0 aromatic carbocycles. The average Bonchev–Trinajstić information content (AvgIpc) is 3.06. The van der Waals surface area contributed by atoms with E-state index in [4.69, 9.17) is 14.7 Å². The number of nitrogens with zero attached hydrogens (tertiary/aromatic N) is 2. The van der Waals surface area contributed by atoms with Crippen LogP contribution in [0, 0.1) is 6.92 Å². The molecular formula is C14H19N3O4S. The number of aryl methyl sites for hydroxylation is 1. The average molecular weight is 325 g/mol. The van der Waals surface area contributed by atoms with Gasteiger partial charge in [-0.1, -0.05) is 5.16 Å². The van der Waals surface area contributed by atoms with Crippen LogP contribution in [-0.4, -0.2) is 37.0 Å². The van der Waals surface area contributed by atoms with Crippen molar-refractivity contribution >= 4 is 10.0 Å². The second kappa shape index (κ2) is 5.86. The fourth-order valence-electron chi connectivity index (χ4n) is 2.66. The van der Waals surface area contributed by atoms with Crippen molar-refractivity contribution in [3.8, 4) is 11.5 Å². The summed E-state index contributed by atoms with van der Waals surface area (Å²) in [7, 11) is -3.59. The summed E-state index contributed by atoms with van der Waals surface area (Å²) in [6.07, 6.45) is 3.77. The Kier molecular flexibility index (Phi) is 4.07. The molecule has 1 fully saturated rings. The van der Waals surface area contributed by atoms with Crippen molar-refractivity contribution in [2.45, 2.75) is 37.1 Å². The van der Waals surface area contributed by atoms with Crippen molar-refractivity contribution in [1.29, 1.82) is 0 Å². The summed E-state index contributed by atoms with van der Waals surface area (Å²) >= 11 is 0. The number of rotatable bonds is 3. The molecule has 2 aromatic heterocycles. The maximum Gasteiger partial charge on any atom is 0.246 e. The van der Waals surface area contributed by atoms with Crippen LogP contribution >= 0.6 is 0 Å². The van der Waals surface area contributed by atoms with Crippen molar-refractivity contribution in [1.82, 2.24) is 9.46 Å². The third-order valence-electron chi connectivity index (χ3n) is 3.90. The first-order chi connectivity index (χ1) is 10.5. The minimum Gasteiger partial charge on any atom is -0.457 e. The Morgan fingerprint density at radius 2 is 2.14 bits per heavy atom. The minimum atomic E-state index is -3.59. The molecule has 22 heavy (non-hydrogen) atoms. The van der Waals surface area contributed by atoms with Gasteiger partial charge >= 0.3 is 0 Å². The summed E-state index contributed by atoms with van der Waals surface area (Å²) < 4.78 is 37.7. The Morgan fingerprint density at radius 3 is 2.86 bits per heavy atom. The second-order valence-corrected chi connectivity index (χ2v) is 7.41. The molecule has 0 aliphatic carbocycles. The maximum absolute atomic E-state index is 12.8. The fraction of sp³-hybridized carbons (Fsp3) is 0.500. The van der Waals surface area contributed by atoms with Crippen LogP contribution in [0.5, 0.6) is 0 Å². The van der Waals surface area contributed by atoms with Crippen molar-refractivity contribution in [3.63, 3.8) is 0 Å². The first-order valence-electron chi connectivity index (χ1n) is 7.25. The van der Waals surface area contributed by atoms with E-state index in [1.54, 1.807) is 13.0 Å². The topological polar surface area (TPSA) is 103 Å². The normalized spacial score (nSPS) is 20.9. The van der Waals surface area contributed by atoms with Crippen molar-refractivity contribution in [3.05, 3.63) is 24.1 Å². The van der Waals surface area contributed by atoms with E-state index < -0.39 is 10.0 Å². The van der Waals surface area contributed by atoms with E-state index in [1.165, 1.54) is 16.6 Å². The quantitative estimate of drug-likeness (QED) is 0.922. The summed E-state index contributed by atoms with van der Waals surface area (Å²) in [5.41, 5.74) is 5.92. The van der Waals surface area contributed by atoms with Gasteiger partial charge in [0.2, 0.25) is 15.8 Å². The number of sulfonamides is 1. The molecule has 1 unspecified atom stereocenters. The van der Waals surface area contributed by atoms with E-state index in [0.29, 0.717) is 36.8 Å². The van der Waals surface area contributed by atoms with Crippen LogP contribution in [0.2, 0.25) is 0 Å². The van der Waals surface area contributed by atoms with E-state index in [9.17, 15) is 8.42 Å². The lowest BCUT2D eigenvalue weighted by atomic mass is 10.1. The van der Waals surface area contributed by atoms with Gasteiger partial charge in [0.25, 0.3) is 0 Å². The van der Waals surface area contributed by atoms with Crippen LogP contribution in [0.1, 0.15) is 25.0 Å². The first kappa shape index (κ1) is 15.3. The summed E-state index contributed by atoms with van der Waals surface area (Å²) in [4.78, 5) is 0.175. The summed E-state index contributed by atoms with van der Waals surface area (Å²) in [5, 5.41) is 3.60. The maximum atomic E-state index is 12.8. The van der Waals surface area contributed by atoms with E-state index >= 15 is 0 Å². The van der Waals surface area contributed by atoms with E-state index in [2.05, 4.69) is 5.16 Å². The highest BCUT2D eigenvalue weighted by Gasteiger charge is 2.30. The molecule has 8 heteroatoms. The van der Waals surface area contributed by atoms with Gasteiger partial charge in [-0.15, -0.1) is 0 Å². The largest absolute Gasteiger partial charge is 0.457 e. The van der Waals surface area contributed by atoms with Gasteiger partial charge < -0.3 is 14.7 Å². The van der Waals surface area contributed by atoms with Crippen LogP contribution in [0.4, 0.5) is 0 Å². The molecule has 0 saturated carbocycles. The molecule has 120 valence electrons. The van der Waals surface area contributed by atoms with Gasteiger partial charge in [0.1, 0.15) is 10.7 Å². The van der Waals surface area contributed by atoms with Gasteiger partial charge in [-0.2, -0.15) is 4.31 Å². The van der Waals surface area contributed by atoms with Gasteiger partial charge in [-0.3, -0.25) is 0 Å². The zero-order valence-corrected chi connectivity index (χ0v) is 13.2. The van der Waals surface area contributed by atoms with Crippen molar-refractivity contribution in [2.75, 3.05) is 13.1 Å². The highest BCUT2D eigenvalue weighted by molar-refractivity contribution is 7.89. The third-order valence-corrected chi connectivity index (χ3v) is 5.91. The van der Waals surface area contributed by atoms with E-state index in [-0.39, 0.29) is 10.9 Å². The fourth-order valence-corrected chi connectivity index (χ4v) is 4.32. The monoisotopic (exact) mass is 325 g/mol. The summed E-state index contributed by atoms with van der Waals surface area (Å²) in [5.74, 6) is 1.11. The number of nitrogens with two attached hydrogens (primary N) is 1. The number of hydrogen-bond acceptors (Lipinski definition) is 6. The van der Waals surface area contributed by atoms with Gasteiger partial charge in [0.15, 0.2) is 5.76 Å². The molecule has 2 aromatic rings. The van der Waals surface area contributed by atoms with Crippen LogP contribution in [0.3, 0.4) is 0 Å². The number of hydrogen-bond donors (Lipinski definition) is 1. The Morgan fingerprint density at radius 1 is 1.32 bits per heavy atom. The summed E-state index contributed by atoms with van der Waals surface area (Å²) in [6, 6.07) is 3.19. The van der Waals surface area contributed by atoms with Crippen LogP contribution in [-0.2, 0) is 10.0 Å². The lowest BCUT2D eigenvalue weighted by molar-refractivity contribution is 0.412. The van der Waals surface area contributed by atoms with Crippen molar-refractivity contribution in [2.24, 2.45) is 5.73 Å². The Labute approximate surface area is 129 Å². The summed E-state index contributed by atoms with van der Waals surface area (Å²) in [6.45, 7) is 2.56. The molecule has 3 heterocycles. The first-order valence-corrected chi connectivity index (χ1v) is 8.69. The zero-order valence-electron chi connectivity index (χ0n) is 12.4. The Hall–Kier alpha value is -1.64. The third kappa shape index (κ3) is 2.81. The van der Waals surface area contributed by atoms with Gasteiger partial charge in [0.05, 0.1) is 6.20 Å². The van der Waals surface area contributed by atoms with Gasteiger partial charge in [-0.25, -0.2) is 8.42 Å². The zero-order chi connectivity index (χ0) is 15.7. The molecular weight excluding hydrogens is 306 g/mol. The van der Waals surface area contributed by atoms with E-state index in [1.807, 2.05) is 0 Å². The standard InChI is InChI=1S/C14H19N3O4S/c1-10-14(9-13(20-10)12-4-6-16-21-12)22(18,19)17-7-2-3-11(15)5-8-17/h4,6,9,11H,2-3,5,7-8,15H2,1H3. The molecule has 0 radical (unpaired) electrons. The Balaban J connectivity index is 1.92. The van der Waals surface area contributed by atoms with Crippen LogP contribution in [0.15, 0.2) is 32.2 Å². The molecule has 1 atom stereocenters. The lowest BCUT2D eigenvalue weighted by Crippen LogP contribution is -2.33. The van der Waals surface area contributed by atoms with Gasteiger partial charge in [0, 0.05) is 31.3 Å². The van der Waals surface area contributed by atoms with Crippen LogP contribution in [0.25, 0.3) is 11.5 Å². The Bertz CT molecular complexity index is 736. The molecule has 0 spiro atoms. The number of aromatic nitrogens is 1. The van der Waals surface area contributed by atoms with E-state index in [0.717, 1.165) is 12.8 Å². The second-order valence-electron chi connectivity index (χ2n) is 5.50. The smallest absolute Gasteiger partial charge is 0.246 e. The molecule has 1 aliphatic heterocycles. The number of furan rings is 1.